The SMILES string of the molecule is CO[C@]1(CNC(=O)C(=O)Nc2ccccc2SC)CCSC1. The van der Waals surface area contributed by atoms with Crippen LogP contribution in [-0.2, 0) is 14.3 Å². The van der Waals surface area contributed by atoms with Crippen LogP contribution in [0.1, 0.15) is 6.42 Å². The number of ether oxygens (including phenoxy) is 1. The predicted molar refractivity (Wildman–Crippen MR) is 91.5 cm³/mol. The minimum atomic E-state index is -0.654. The van der Waals surface area contributed by atoms with Gasteiger partial charge < -0.3 is 15.4 Å². The Kier molecular flexibility index (Phi) is 6.16. The van der Waals surface area contributed by atoms with Gasteiger partial charge in [0, 0.05) is 24.3 Å². The maximum absolute atomic E-state index is 12.0. The number of benzene rings is 1. The zero-order chi connectivity index (χ0) is 16.0. The van der Waals surface area contributed by atoms with E-state index in [4.69, 9.17) is 4.74 Å². The summed E-state index contributed by atoms with van der Waals surface area (Å²) in [7, 11) is 1.65. The Morgan fingerprint density at radius 1 is 1.36 bits per heavy atom. The Morgan fingerprint density at radius 3 is 2.77 bits per heavy atom. The number of carbonyl (C=O) groups excluding carboxylic acids is 2. The van der Waals surface area contributed by atoms with E-state index in [0.717, 1.165) is 22.8 Å². The Hall–Kier alpha value is -1.18. The summed E-state index contributed by atoms with van der Waals surface area (Å²) in [6.07, 6.45) is 2.80. The largest absolute Gasteiger partial charge is 0.376 e. The molecule has 0 aromatic heterocycles. The number of nitrogens with one attached hydrogen (secondary N) is 2. The lowest BCUT2D eigenvalue weighted by Crippen LogP contribution is -2.47. The van der Waals surface area contributed by atoms with Crippen LogP contribution in [0.15, 0.2) is 29.2 Å². The summed E-state index contributed by atoms with van der Waals surface area (Å²) in [5.74, 6) is 0.556. The summed E-state index contributed by atoms with van der Waals surface area (Å²) in [5.41, 5.74) is 0.297. The molecular weight excluding hydrogens is 320 g/mol. The number of methoxy groups -OCH3 is 1. The second kappa shape index (κ2) is 7.89. The van der Waals surface area contributed by atoms with Crippen molar-refractivity contribution in [2.45, 2.75) is 16.9 Å². The fraction of sp³-hybridized carbons (Fsp3) is 0.467. The maximum atomic E-state index is 12.0. The molecule has 0 spiro atoms. The third-order valence-electron chi connectivity index (χ3n) is 3.63. The molecule has 1 heterocycles. The van der Waals surface area contributed by atoms with Crippen LogP contribution < -0.4 is 10.6 Å². The van der Waals surface area contributed by atoms with E-state index >= 15 is 0 Å². The van der Waals surface area contributed by atoms with Gasteiger partial charge in [-0.25, -0.2) is 0 Å². The molecule has 2 rings (SSSR count). The molecule has 120 valence electrons. The molecule has 7 heteroatoms. The third kappa shape index (κ3) is 4.18. The first kappa shape index (κ1) is 17.2. The molecule has 0 bridgehead atoms. The lowest BCUT2D eigenvalue weighted by atomic mass is 10.0. The monoisotopic (exact) mass is 340 g/mol. The minimum absolute atomic E-state index is 0.349. The first-order chi connectivity index (χ1) is 10.6. The molecule has 1 aliphatic heterocycles. The summed E-state index contributed by atoms with van der Waals surface area (Å²) in [6, 6.07) is 7.39. The summed E-state index contributed by atoms with van der Waals surface area (Å²) in [5, 5.41) is 5.33. The van der Waals surface area contributed by atoms with Gasteiger partial charge in [-0.15, -0.1) is 11.8 Å². The van der Waals surface area contributed by atoms with E-state index in [1.807, 2.05) is 24.5 Å². The van der Waals surface area contributed by atoms with E-state index in [1.165, 1.54) is 11.8 Å². The molecule has 0 unspecified atom stereocenters. The van der Waals surface area contributed by atoms with E-state index in [9.17, 15) is 9.59 Å². The molecule has 2 amide bonds. The number of hydrogen-bond acceptors (Lipinski definition) is 5. The number of thioether (sulfide) groups is 2. The van der Waals surface area contributed by atoms with Gasteiger partial charge in [-0.2, -0.15) is 11.8 Å². The van der Waals surface area contributed by atoms with Gasteiger partial charge in [0.1, 0.15) is 0 Å². The highest BCUT2D eigenvalue weighted by atomic mass is 32.2. The van der Waals surface area contributed by atoms with Crippen LogP contribution >= 0.6 is 23.5 Å². The van der Waals surface area contributed by atoms with Crippen LogP contribution in [0.2, 0.25) is 0 Å². The van der Waals surface area contributed by atoms with Crippen LogP contribution in [0.5, 0.6) is 0 Å². The zero-order valence-corrected chi connectivity index (χ0v) is 14.3. The Morgan fingerprint density at radius 2 is 2.14 bits per heavy atom. The van der Waals surface area contributed by atoms with Gasteiger partial charge in [-0.1, -0.05) is 12.1 Å². The predicted octanol–water partition coefficient (Wildman–Crippen LogP) is 1.99. The van der Waals surface area contributed by atoms with Gasteiger partial charge >= 0.3 is 11.8 Å². The third-order valence-corrected chi connectivity index (χ3v) is 5.65. The van der Waals surface area contributed by atoms with Crippen LogP contribution in [0.4, 0.5) is 5.69 Å². The summed E-state index contributed by atoms with van der Waals surface area (Å²) < 4.78 is 5.51. The number of carbonyl (C=O) groups is 2. The number of para-hydroxylation sites is 1. The van der Waals surface area contributed by atoms with E-state index in [-0.39, 0.29) is 5.60 Å². The Balaban J connectivity index is 1.91. The lowest BCUT2D eigenvalue weighted by Gasteiger charge is -2.26. The van der Waals surface area contributed by atoms with Crippen molar-refractivity contribution < 1.29 is 14.3 Å². The molecule has 2 N–H and O–H groups in total. The highest BCUT2D eigenvalue weighted by molar-refractivity contribution is 7.99. The van der Waals surface area contributed by atoms with Gasteiger partial charge in [-0.3, -0.25) is 9.59 Å². The summed E-state index contributed by atoms with van der Waals surface area (Å²) in [6.45, 7) is 0.354. The van der Waals surface area contributed by atoms with Crippen molar-refractivity contribution in [2.24, 2.45) is 0 Å². The van der Waals surface area contributed by atoms with Crippen molar-refractivity contribution in [3.8, 4) is 0 Å². The van der Waals surface area contributed by atoms with Crippen molar-refractivity contribution in [1.29, 1.82) is 0 Å². The molecule has 1 aromatic carbocycles. The highest BCUT2D eigenvalue weighted by Crippen LogP contribution is 2.30. The lowest BCUT2D eigenvalue weighted by molar-refractivity contribution is -0.136. The van der Waals surface area contributed by atoms with E-state index in [0.29, 0.717) is 12.2 Å². The van der Waals surface area contributed by atoms with E-state index in [2.05, 4.69) is 10.6 Å². The van der Waals surface area contributed by atoms with Gasteiger partial charge in [0.15, 0.2) is 0 Å². The molecule has 1 fully saturated rings. The van der Waals surface area contributed by atoms with Crippen molar-refractivity contribution in [1.82, 2.24) is 5.32 Å². The number of hydrogen-bond donors (Lipinski definition) is 2. The van der Waals surface area contributed by atoms with Crippen molar-refractivity contribution in [2.75, 3.05) is 36.7 Å². The Labute approximate surface area is 138 Å². The topological polar surface area (TPSA) is 67.4 Å². The van der Waals surface area contributed by atoms with Crippen LogP contribution in [0.3, 0.4) is 0 Å². The average Bonchev–Trinajstić information content (AvgIpc) is 3.02. The molecule has 0 saturated carbocycles. The molecular formula is C15H20N2O3S2. The fourth-order valence-electron chi connectivity index (χ4n) is 2.21. The second-order valence-corrected chi connectivity index (χ2v) is 6.98. The van der Waals surface area contributed by atoms with Gasteiger partial charge in [0.05, 0.1) is 11.3 Å². The first-order valence-corrected chi connectivity index (χ1v) is 9.33. The molecule has 1 aliphatic rings. The normalized spacial score (nSPS) is 20.6. The van der Waals surface area contributed by atoms with Crippen LogP contribution in [0.25, 0.3) is 0 Å². The summed E-state index contributed by atoms with van der Waals surface area (Å²) in [4.78, 5) is 24.9. The molecule has 22 heavy (non-hydrogen) atoms. The van der Waals surface area contributed by atoms with Gasteiger partial charge in [-0.05, 0) is 30.6 Å². The molecule has 0 aliphatic carbocycles. The van der Waals surface area contributed by atoms with Crippen molar-refractivity contribution in [3.63, 3.8) is 0 Å². The standard InChI is InChI=1S/C15H20N2O3S2/c1-20-15(7-8-22-10-15)9-16-13(18)14(19)17-11-5-3-4-6-12(11)21-2/h3-6H,7-10H2,1-2H3,(H,16,18)(H,17,19)/t15-/m0/s1. The first-order valence-electron chi connectivity index (χ1n) is 6.95. The number of anilines is 1. The van der Waals surface area contributed by atoms with E-state index in [1.54, 1.807) is 24.9 Å². The molecule has 1 saturated heterocycles. The quantitative estimate of drug-likeness (QED) is 0.634. The molecule has 1 atom stereocenters. The minimum Gasteiger partial charge on any atom is -0.376 e. The molecule has 0 radical (unpaired) electrons. The molecule has 5 nitrogen and oxygen atoms in total. The molecule has 1 aromatic rings. The van der Waals surface area contributed by atoms with Crippen molar-refractivity contribution in [3.05, 3.63) is 24.3 Å². The smallest absolute Gasteiger partial charge is 0.313 e. The van der Waals surface area contributed by atoms with Crippen molar-refractivity contribution >= 4 is 41.0 Å². The van der Waals surface area contributed by atoms with Crippen LogP contribution in [0, 0.1) is 0 Å². The number of amides is 2. The maximum Gasteiger partial charge on any atom is 0.313 e. The van der Waals surface area contributed by atoms with Gasteiger partial charge in [0.2, 0.25) is 0 Å². The highest BCUT2D eigenvalue weighted by Gasteiger charge is 2.35. The fourth-order valence-corrected chi connectivity index (χ4v) is 4.16. The average molecular weight is 340 g/mol. The second-order valence-electron chi connectivity index (χ2n) is 5.03. The number of rotatable bonds is 5. The van der Waals surface area contributed by atoms with Crippen LogP contribution in [-0.4, -0.2) is 48.8 Å². The zero-order valence-electron chi connectivity index (χ0n) is 12.7. The van der Waals surface area contributed by atoms with E-state index < -0.39 is 11.8 Å². The van der Waals surface area contributed by atoms with Gasteiger partial charge in [0.25, 0.3) is 0 Å². The summed E-state index contributed by atoms with van der Waals surface area (Å²) >= 11 is 3.31. The Bertz CT molecular complexity index is 545.